The third-order valence-electron chi connectivity index (χ3n) is 5.92. The Bertz CT molecular complexity index is 1230. The lowest BCUT2D eigenvalue weighted by Gasteiger charge is -2.34. The van der Waals surface area contributed by atoms with Crippen LogP contribution in [0.4, 0.5) is 0 Å². The molecule has 1 fully saturated rings. The van der Waals surface area contributed by atoms with Crippen LogP contribution in [0.2, 0.25) is 5.02 Å². The van der Waals surface area contributed by atoms with E-state index in [1.807, 2.05) is 47.4 Å². The molecule has 1 amide bonds. The molecule has 0 radical (unpaired) electrons. The van der Waals surface area contributed by atoms with E-state index in [9.17, 15) is 4.79 Å². The van der Waals surface area contributed by atoms with Crippen LogP contribution in [0.25, 0.3) is 21.9 Å². The predicted molar refractivity (Wildman–Crippen MR) is 135 cm³/mol. The molecule has 5 rings (SSSR count). The molecule has 3 heterocycles. The van der Waals surface area contributed by atoms with Crippen LogP contribution in [0.1, 0.15) is 18.0 Å². The highest BCUT2D eigenvalue weighted by Gasteiger charge is 2.22. The topological polar surface area (TPSA) is 62.5 Å². The van der Waals surface area contributed by atoms with Crippen molar-refractivity contribution >= 4 is 28.8 Å². The van der Waals surface area contributed by atoms with Gasteiger partial charge in [0.1, 0.15) is 5.01 Å². The normalized spacial score (nSPS) is 14.4. The third-order valence-corrected chi connectivity index (χ3v) is 7.11. The highest BCUT2D eigenvalue weighted by atomic mass is 35.5. The summed E-state index contributed by atoms with van der Waals surface area (Å²) in [5, 5.41) is 3.86. The van der Waals surface area contributed by atoms with Gasteiger partial charge >= 0.3 is 0 Å². The lowest BCUT2D eigenvalue weighted by Crippen LogP contribution is -2.48. The molecule has 1 aliphatic rings. The first kappa shape index (κ1) is 22.8. The van der Waals surface area contributed by atoms with Gasteiger partial charge in [0.2, 0.25) is 5.91 Å². The number of aryl methyl sites for hydroxylation is 1. The average molecular weight is 493 g/mol. The summed E-state index contributed by atoms with van der Waals surface area (Å²) in [6.45, 7) is 3.98. The van der Waals surface area contributed by atoms with E-state index in [2.05, 4.69) is 27.4 Å². The van der Waals surface area contributed by atoms with Crippen LogP contribution >= 0.6 is 22.9 Å². The average Bonchev–Trinajstić information content (AvgIpc) is 3.54. The van der Waals surface area contributed by atoms with Crippen LogP contribution in [-0.2, 0) is 17.8 Å². The molecule has 4 aromatic rings. The number of nitrogens with zero attached hydrogens (tertiary/aromatic N) is 4. The Morgan fingerprint density at radius 1 is 1.00 bits per heavy atom. The number of halogens is 1. The second-order valence-corrected chi connectivity index (χ2v) is 9.59. The molecule has 2 aromatic heterocycles. The van der Waals surface area contributed by atoms with Crippen molar-refractivity contribution in [2.24, 2.45) is 0 Å². The number of piperazine rings is 1. The number of hydrogen-bond acceptors (Lipinski definition) is 6. The maximum atomic E-state index is 12.7. The van der Waals surface area contributed by atoms with Gasteiger partial charge in [-0.1, -0.05) is 41.9 Å². The van der Waals surface area contributed by atoms with Gasteiger partial charge in [-0.25, -0.2) is 9.97 Å². The first-order valence-electron chi connectivity index (χ1n) is 11.3. The lowest BCUT2D eigenvalue weighted by atomic mass is 10.2. The van der Waals surface area contributed by atoms with Gasteiger partial charge in [0.15, 0.2) is 11.7 Å². The fourth-order valence-corrected chi connectivity index (χ4v) is 4.97. The maximum absolute atomic E-state index is 12.7. The molecular weight excluding hydrogens is 468 g/mol. The summed E-state index contributed by atoms with van der Waals surface area (Å²) in [4.78, 5) is 26.1. The Morgan fingerprint density at radius 3 is 2.53 bits per heavy atom. The molecule has 0 bridgehead atoms. The van der Waals surface area contributed by atoms with E-state index in [0.29, 0.717) is 29.5 Å². The standard InChI is InChI=1S/C26H25ClN4O2S/c27-21-8-6-19(7-9-21)23-16-28-24(33-23)10-11-25(32)31-14-12-30(13-15-31)17-22-18-34-26(29-22)20-4-2-1-3-5-20/h1-9,16,18H,10-15,17H2. The Kier molecular flexibility index (Phi) is 7.04. The van der Waals surface area contributed by atoms with Crippen molar-refractivity contribution in [1.82, 2.24) is 19.8 Å². The molecule has 1 saturated heterocycles. The molecule has 0 N–H and O–H groups in total. The second-order valence-electron chi connectivity index (χ2n) is 8.29. The number of aromatic nitrogens is 2. The van der Waals surface area contributed by atoms with E-state index in [4.69, 9.17) is 21.0 Å². The summed E-state index contributed by atoms with van der Waals surface area (Å²) in [5.74, 6) is 1.41. The number of carbonyl (C=O) groups is 1. The Labute approximate surface area is 207 Å². The zero-order valence-electron chi connectivity index (χ0n) is 18.7. The number of amides is 1. The Morgan fingerprint density at radius 2 is 1.76 bits per heavy atom. The third kappa shape index (κ3) is 5.55. The smallest absolute Gasteiger partial charge is 0.223 e. The maximum Gasteiger partial charge on any atom is 0.223 e. The summed E-state index contributed by atoms with van der Waals surface area (Å²) < 4.78 is 5.83. The number of oxazole rings is 1. The number of rotatable bonds is 7. The zero-order valence-corrected chi connectivity index (χ0v) is 20.3. The summed E-state index contributed by atoms with van der Waals surface area (Å²) in [6.07, 6.45) is 2.59. The minimum Gasteiger partial charge on any atom is -0.441 e. The van der Waals surface area contributed by atoms with E-state index in [-0.39, 0.29) is 5.91 Å². The van der Waals surface area contributed by atoms with Gasteiger partial charge in [-0.3, -0.25) is 9.69 Å². The van der Waals surface area contributed by atoms with Gasteiger partial charge in [0.05, 0.1) is 11.9 Å². The molecule has 0 unspecified atom stereocenters. The van der Waals surface area contributed by atoms with Crippen LogP contribution in [0.15, 0.2) is 70.6 Å². The fraction of sp³-hybridized carbons (Fsp3) is 0.269. The Hall–Kier alpha value is -3.00. The predicted octanol–water partition coefficient (Wildman–Crippen LogP) is 5.40. The van der Waals surface area contributed by atoms with Gasteiger partial charge in [-0.05, 0) is 24.3 Å². The molecule has 34 heavy (non-hydrogen) atoms. The molecule has 0 aliphatic carbocycles. The molecule has 0 atom stereocenters. The van der Waals surface area contributed by atoms with Crippen molar-refractivity contribution < 1.29 is 9.21 Å². The molecule has 0 spiro atoms. The van der Waals surface area contributed by atoms with Crippen molar-refractivity contribution in [3.63, 3.8) is 0 Å². The molecule has 6 nitrogen and oxygen atoms in total. The fourth-order valence-electron chi connectivity index (χ4n) is 4.02. The Balaban J connectivity index is 1.08. The summed E-state index contributed by atoms with van der Waals surface area (Å²) >= 11 is 7.62. The van der Waals surface area contributed by atoms with Gasteiger partial charge in [-0.15, -0.1) is 11.3 Å². The number of benzene rings is 2. The van der Waals surface area contributed by atoms with E-state index in [1.165, 1.54) is 0 Å². The van der Waals surface area contributed by atoms with Gasteiger partial charge < -0.3 is 9.32 Å². The van der Waals surface area contributed by atoms with Crippen molar-refractivity contribution in [2.45, 2.75) is 19.4 Å². The minimum atomic E-state index is 0.144. The van der Waals surface area contributed by atoms with E-state index >= 15 is 0 Å². The highest BCUT2D eigenvalue weighted by Crippen LogP contribution is 2.25. The van der Waals surface area contributed by atoms with Crippen LogP contribution < -0.4 is 0 Å². The number of hydrogen-bond donors (Lipinski definition) is 0. The molecule has 8 heteroatoms. The molecule has 0 saturated carbocycles. The quantitative estimate of drug-likeness (QED) is 0.346. The van der Waals surface area contributed by atoms with Gasteiger partial charge in [0, 0.05) is 67.1 Å². The lowest BCUT2D eigenvalue weighted by molar-refractivity contribution is -0.133. The van der Waals surface area contributed by atoms with Crippen molar-refractivity contribution in [3.05, 3.63) is 82.8 Å². The highest BCUT2D eigenvalue weighted by molar-refractivity contribution is 7.13. The van der Waals surface area contributed by atoms with E-state index < -0.39 is 0 Å². The van der Waals surface area contributed by atoms with Crippen LogP contribution in [0, 0.1) is 0 Å². The van der Waals surface area contributed by atoms with Crippen LogP contribution in [0.3, 0.4) is 0 Å². The zero-order chi connectivity index (χ0) is 23.3. The number of thiazole rings is 1. The number of carbonyl (C=O) groups excluding carboxylic acids is 1. The SMILES string of the molecule is O=C(CCc1ncc(-c2ccc(Cl)cc2)o1)N1CCN(Cc2csc(-c3ccccc3)n2)CC1. The van der Waals surface area contributed by atoms with Gasteiger partial charge in [0.25, 0.3) is 0 Å². The van der Waals surface area contributed by atoms with Gasteiger partial charge in [-0.2, -0.15) is 0 Å². The molecule has 1 aliphatic heterocycles. The van der Waals surface area contributed by atoms with Crippen LogP contribution in [0.5, 0.6) is 0 Å². The largest absolute Gasteiger partial charge is 0.441 e. The summed E-state index contributed by atoms with van der Waals surface area (Å²) in [6, 6.07) is 17.7. The minimum absolute atomic E-state index is 0.144. The molecule has 174 valence electrons. The first-order chi connectivity index (χ1) is 16.6. The monoisotopic (exact) mass is 492 g/mol. The van der Waals surface area contributed by atoms with E-state index in [0.717, 1.165) is 54.6 Å². The molecule has 2 aromatic carbocycles. The molecular formula is C26H25ClN4O2S. The summed E-state index contributed by atoms with van der Waals surface area (Å²) in [7, 11) is 0. The van der Waals surface area contributed by atoms with E-state index in [1.54, 1.807) is 17.5 Å². The second kappa shape index (κ2) is 10.5. The van der Waals surface area contributed by atoms with Crippen molar-refractivity contribution in [2.75, 3.05) is 26.2 Å². The first-order valence-corrected chi connectivity index (χ1v) is 12.6. The van der Waals surface area contributed by atoms with Crippen molar-refractivity contribution in [1.29, 1.82) is 0 Å². The van der Waals surface area contributed by atoms with Crippen molar-refractivity contribution in [3.8, 4) is 21.9 Å². The summed E-state index contributed by atoms with van der Waals surface area (Å²) in [5.41, 5.74) is 3.16. The van der Waals surface area contributed by atoms with Crippen LogP contribution in [-0.4, -0.2) is 51.9 Å².